The fourth-order valence-corrected chi connectivity index (χ4v) is 5.07. The van der Waals surface area contributed by atoms with Gasteiger partial charge in [0.1, 0.15) is 5.75 Å². The summed E-state index contributed by atoms with van der Waals surface area (Å²) in [7, 11) is 4.19. The summed E-state index contributed by atoms with van der Waals surface area (Å²) in [5, 5.41) is 8.12. The van der Waals surface area contributed by atoms with Crippen LogP contribution in [0.15, 0.2) is 84.0 Å². The third kappa shape index (κ3) is 5.69. The van der Waals surface area contributed by atoms with Crippen LogP contribution >= 0.6 is 0 Å². The molecule has 0 saturated heterocycles. The second-order valence-corrected chi connectivity index (χ2v) is 11.0. The van der Waals surface area contributed by atoms with Gasteiger partial charge in [0, 0.05) is 35.3 Å². The lowest BCUT2D eigenvalue weighted by molar-refractivity contribution is 0.102. The summed E-state index contributed by atoms with van der Waals surface area (Å²) in [6, 6.07) is 19.4. The summed E-state index contributed by atoms with van der Waals surface area (Å²) in [6.07, 6.45) is 7.11. The molecule has 0 radical (unpaired) electrons. The van der Waals surface area contributed by atoms with Crippen molar-refractivity contribution >= 4 is 22.5 Å². The van der Waals surface area contributed by atoms with Gasteiger partial charge in [0.05, 0.1) is 41.9 Å². The Morgan fingerprint density at radius 1 is 1.12 bits per heavy atom. The van der Waals surface area contributed by atoms with Gasteiger partial charge in [-0.2, -0.15) is 5.10 Å². The van der Waals surface area contributed by atoms with Crippen LogP contribution in [0.4, 0.5) is 5.69 Å². The lowest BCUT2D eigenvalue weighted by atomic mass is 10.1. The van der Waals surface area contributed by atoms with E-state index in [9.17, 15) is 9.59 Å². The molecule has 1 aliphatic rings. The van der Waals surface area contributed by atoms with Gasteiger partial charge >= 0.3 is 0 Å². The fourth-order valence-electron chi connectivity index (χ4n) is 5.07. The van der Waals surface area contributed by atoms with E-state index in [0.29, 0.717) is 35.7 Å². The molecule has 1 saturated carbocycles. The third-order valence-corrected chi connectivity index (χ3v) is 7.28. The smallest absolute Gasteiger partial charge is 0.258 e. The van der Waals surface area contributed by atoms with Crippen LogP contribution in [0.1, 0.15) is 28.8 Å². The highest BCUT2D eigenvalue weighted by Crippen LogP contribution is 2.46. The van der Waals surface area contributed by atoms with Gasteiger partial charge in [-0.15, -0.1) is 0 Å². The van der Waals surface area contributed by atoms with E-state index in [1.807, 2.05) is 54.6 Å². The summed E-state index contributed by atoms with van der Waals surface area (Å²) in [4.78, 5) is 33.9. The first-order valence-corrected chi connectivity index (χ1v) is 13.4. The lowest BCUT2D eigenvalue weighted by Crippen LogP contribution is -2.27. The van der Waals surface area contributed by atoms with Gasteiger partial charge in [0.2, 0.25) is 0 Å². The number of hydrogen-bond acceptors (Lipinski definition) is 5. The first-order valence-electron chi connectivity index (χ1n) is 13.4. The molecule has 3 aromatic heterocycles. The number of carbonyl (C=O) groups is 1. The molecule has 0 spiro atoms. The Bertz CT molecular complexity index is 1710. The molecule has 0 unspecified atom stereocenters. The number of benzene rings is 2. The minimum atomic E-state index is -0.307. The molecule has 1 aliphatic carbocycles. The first kappa shape index (κ1) is 25.6. The number of pyridine rings is 1. The van der Waals surface area contributed by atoms with Gasteiger partial charge in [-0.1, -0.05) is 30.3 Å². The predicted octanol–water partition coefficient (Wildman–Crippen LogP) is 4.74. The predicted molar refractivity (Wildman–Crippen MR) is 156 cm³/mol. The number of H-pyrrole nitrogens is 2. The minimum Gasteiger partial charge on any atom is -0.493 e. The van der Waals surface area contributed by atoms with Crippen LogP contribution in [0, 0.1) is 5.41 Å². The van der Waals surface area contributed by atoms with Gasteiger partial charge in [0.15, 0.2) is 0 Å². The number of rotatable bonds is 10. The van der Waals surface area contributed by atoms with Gasteiger partial charge in [-0.05, 0) is 62.8 Å². The summed E-state index contributed by atoms with van der Waals surface area (Å²) in [5.41, 5.74) is 3.99. The second kappa shape index (κ2) is 10.5. The maximum atomic E-state index is 12.9. The summed E-state index contributed by atoms with van der Waals surface area (Å²) >= 11 is 0. The van der Waals surface area contributed by atoms with Crippen molar-refractivity contribution in [1.82, 2.24) is 24.6 Å². The second-order valence-electron chi connectivity index (χ2n) is 11.0. The van der Waals surface area contributed by atoms with Crippen LogP contribution in [0.5, 0.6) is 5.75 Å². The normalized spacial score (nSPS) is 14.0. The topological polar surface area (TPSA) is 108 Å². The van der Waals surface area contributed by atoms with E-state index in [1.165, 1.54) is 25.2 Å². The number of nitrogens with one attached hydrogen (secondary N) is 3. The Kier molecular flexibility index (Phi) is 6.73. The Morgan fingerprint density at radius 3 is 2.73 bits per heavy atom. The highest BCUT2D eigenvalue weighted by molar-refractivity contribution is 6.04. The average Bonchev–Trinajstić information content (AvgIpc) is 3.32. The van der Waals surface area contributed by atoms with E-state index in [2.05, 4.69) is 39.4 Å². The van der Waals surface area contributed by atoms with E-state index in [0.717, 1.165) is 28.8 Å². The van der Waals surface area contributed by atoms with Crippen LogP contribution in [0.25, 0.3) is 22.2 Å². The molecule has 9 heteroatoms. The SMILES string of the molecule is CN(C)CC1(COc2ccc3[nH]c(-c4cc(NC(=O)c5cnn(Cc6ccccc6)c5)c[nH]c4=O)cc3c2)CC1. The molecule has 1 fully saturated rings. The molecule has 40 heavy (non-hydrogen) atoms. The first-order chi connectivity index (χ1) is 19.4. The van der Waals surface area contributed by atoms with Crippen LogP contribution in [-0.4, -0.2) is 57.8 Å². The van der Waals surface area contributed by atoms with Crippen molar-refractivity contribution in [3.05, 3.63) is 101 Å². The van der Waals surface area contributed by atoms with Gasteiger partial charge in [-0.3, -0.25) is 14.3 Å². The maximum Gasteiger partial charge on any atom is 0.258 e. The summed E-state index contributed by atoms with van der Waals surface area (Å²) in [6.45, 7) is 2.29. The summed E-state index contributed by atoms with van der Waals surface area (Å²) < 4.78 is 7.88. The summed E-state index contributed by atoms with van der Waals surface area (Å²) in [5.74, 6) is 0.504. The zero-order valence-corrected chi connectivity index (χ0v) is 22.6. The number of aromatic amines is 2. The third-order valence-electron chi connectivity index (χ3n) is 7.28. The van der Waals surface area contributed by atoms with Crippen LogP contribution in [-0.2, 0) is 6.54 Å². The molecule has 0 atom stereocenters. The van der Waals surface area contributed by atoms with Crippen LogP contribution in [0.2, 0.25) is 0 Å². The molecule has 2 aromatic carbocycles. The van der Waals surface area contributed by atoms with Gasteiger partial charge in [0.25, 0.3) is 11.5 Å². The van der Waals surface area contributed by atoms with Crippen molar-refractivity contribution < 1.29 is 9.53 Å². The van der Waals surface area contributed by atoms with Crippen molar-refractivity contribution in [2.24, 2.45) is 5.41 Å². The number of amides is 1. The average molecular weight is 537 g/mol. The highest BCUT2D eigenvalue weighted by atomic mass is 16.5. The van der Waals surface area contributed by atoms with E-state index < -0.39 is 0 Å². The Hall–Kier alpha value is -4.63. The van der Waals surface area contributed by atoms with E-state index in [1.54, 1.807) is 16.9 Å². The zero-order chi connectivity index (χ0) is 27.7. The fraction of sp³-hybridized carbons (Fsp3) is 0.258. The molecule has 1 amide bonds. The Balaban J connectivity index is 1.16. The monoisotopic (exact) mass is 536 g/mol. The van der Waals surface area contributed by atoms with Gasteiger partial charge < -0.3 is 24.9 Å². The van der Waals surface area contributed by atoms with E-state index >= 15 is 0 Å². The lowest BCUT2D eigenvalue weighted by Gasteiger charge is -2.20. The van der Waals surface area contributed by atoms with Crippen molar-refractivity contribution in [2.45, 2.75) is 19.4 Å². The number of hydrogen-bond donors (Lipinski definition) is 3. The van der Waals surface area contributed by atoms with Crippen molar-refractivity contribution in [3.63, 3.8) is 0 Å². The zero-order valence-electron chi connectivity index (χ0n) is 22.6. The number of nitrogens with zero attached hydrogens (tertiary/aromatic N) is 3. The number of fused-ring (bicyclic) bond motifs is 1. The van der Waals surface area contributed by atoms with Crippen molar-refractivity contribution in [1.29, 1.82) is 0 Å². The quantitative estimate of drug-likeness (QED) is 0.239. The Morgan fingerprint density at radius 2 is 1.95 bits per heavy atom. The van der Waals surface area contributed by atoms with Crippen LogP contribution in [0.3, 0.4) is 0 Å². The Labute approximate surface area is 231 Å². The molecule has 0 bridgehead atoms. The standard InChI is InChI=1S/C31H32N6O3/c1-36(2)19-31(10-11-31)20-40-25-8-9-27-22(12-25)13-28(35-27)26-14-24(16-32-30(26)39)34-29(38)23-15-33-37(18-23)17-21-6-4-3-5-7-21/h3-9,12-16,18,35H,10-11,17,19-20H2,1-2H3,(H,32,39)(H,34,38). The highest BCUT2D eigenvalue weighted by Gasteiger charge is 2.43. The molecule has 3 N–H and O–H groups in total. The number of aromatic nitrogens is 4. The number of anilines is 1. The molecule has 9 nitrogen and oxygen atoms in total. The largest absolute Gasteiger partial charge is 0.493 e. The minimum absolute atomic E-state index is 0.251. The van der Waals surface area contributed by atoms with Crippen molar-refractivity contribution in [3.8, 4) is 17.0 Å². The molecule has 0 aliphatic heterocycles. The molecular formula is C31H32N6O3. The molecular weight excluding hydrogens is 504 g/mol. The maximum absolute atomic E-state index is 12.9. The van der Waals surface area contributed by atoms with Gasteiger partial charge in [-0.25, -0.2) is 0 Å². The molecule has 3 heterocycles. The van der Waals surface area contributed by atoms with Crippen molar-refractivity contribution in [2.75, 3.05) is 32.6 Å². The van der Waals surface area contributed by atoms with Crippen LogP contribution < -0.4 is 15.6 Å². The number of ether oxygens (including phenoxy) is 1. The number of carbonyl (C=O) groups excluding carboxylic acids is 1. The molecule has 204 valence electrons. The van der Waals surface area contributed by atoms with E-state index in [4.69, 9.17) is 4.74 Å². The van der Waals surface area contributed by atoms with E-state index in [-0.39, 0.29) is 16.9 Å². The molecule has 6 rings (SSSR count). The molecule has 5 aromatic rings.